The number of rotatable bonds is 4. The zero-order valence-corrected chi connectivity index (χ0v) is 17.8. The third-order valence-electron chi connectivity index (χ3n) is 5.06. The highest BCUT2D eigenvalue weighted by Crippen LogP contribution is 2.28. The molecule has 2 aliphatic rings. The lowest BCUT2D eigenvalue weighted by atomic mass is 10.1. The number of imide groups is 1. The highest BCUT2D eigenvalue weighted by Gasteiger charge is 2.43. The molecule has 0 radical (unpaired) electrons. The minimum atomic E-state index is -0.348. The molecule has 3 heterocycles. The van der Waals surface area contributed by atoms with Crippen molar-refractivity contribution in [1.29, 1.82) is 0 Å². The second kappa shape index (κ2) is 8.01. The quantitative estimate of drug-likeness (QED) is 0.643. The van der Waals surface area contributed by atoms with Crippen LogP contribution in [-0.2, 0) is 16.1 Å². The average molecular weight is 469 g/mol. The number of amides is 2. The van der Waals surface area contributed by atoms with E-state index in [9.17, 15) is 9.59 Å². The molecule has 0 unspecified atom stereocenters. The fourth-order valence-corrected chi connectivity index (χ4v) is 5.05. The minimum absolute atomic E-state index is 0.110. The Morgan fingerprint density at radius 2 is 1.74 bits per heavy atom. The normalized spacial score (nSPS) is 22.0. The van der Waals surface area contributed by atoms with E-state index < -0.39 is 0 Å². The molecular weight excluding hydrogens is 450 g/mol. The van der Waals surface area contributed by atoms with Gasteiger partial charge in [0, 0.05) is 42.1 Å². The number of hydrogen-bond donors (Lipinski definition) is 0. The molecule has 0 N–H and O–H groups in total. The van der Waals surface area contributed by atoms with Gasteiger partial charge >= 0.3 is 0 Å². The van der Waals surface area contributed by atoms with E-state index in [0.29, 0.717) is 5.69 Å². The minimum Gasteiger partial charge on any atom is -0.296 e. The van der Waals surface area contributed by atoms with Crippen molar-refractivity contribution in [3.8, 4) is 0 Å². The SMILES string of the molecule is O=C1C[C@@H](N2CCN(Cc3ccc(Cl)s3)CC2)C(=O)N1c1ccc(Br)cc1. The van der Waals surface area contributed by atoms with Gasteiger partial charge in [-0.15, -0.1) is 11.3 Å². The van der Waals surface area contributed by atoms with Crippen LogP contribution in [0.2, 0.25) is 4.34 Å². The Balaban J connectivity index is 1.38. The molecule has 1 atom stereocenters. The van der Waals surface area contributed by atoms with Crippen molar-refractivity contribution in [2.24, 2.45) is 0 Å². The Labute approximate surface area is 175 Å². The van der Waals surface area contributed by atoms with Crippen LogP contribution in [0.15, 0.2) is 40.9 Å². The topological polar surface area (TPSA) is 43.9 Å². The molecule has 0 spiro atoms. The Bertz CT molecular complexity index is 849. The lowest BCUT2D eigenvalue weighted by Crippen LogP contribution is -2.52. The number of anilines is 1. The summed E-state index contributed by atoms with van der Waals surface area (Å²) in [5, 5.41) is 0. The number of thiophene rings is 1. The summed E-state index contributed by atoms with van der Waals surface area (Å²) >= 11 is 11.0. The van der Waals surface area contributed by atoms with Gasteiger partial charge in [0.05, 0.1) is 22.5 Å². The summed E-state index contributed by atoms with van der Waals surface area (Å²) in [5.74, 6) is -0.233. The largest absolute Gasteiger partial charge is 0.296 e. The van der Waals surface area contributed by atoms with Crippen LogP contribution in [0.3, 0.4) is 0 Å². The van der Waals surface area contributed by atoms with Gasteiger partial charge in [-0.3, -0.25) is 19.4 Å². The molecule has 27 heavy (non-hydrogen) atoms. The predicted octanol–water partition coefficient (Wildman–Crippen LogP) is 3.61. The van der Waals surface area contributed by atoms with Gasteiger partial charge < -0.3 is 0 Å². The molecule has 2 amide bonds. The first kappa shape index (κ1) is 19.1. The average Bonchev–Trinajstić information content (AvgIpc) is 3.19. The zero-order valence-electron chi connectivity index (χ0n) is 14.6. The van der Waals surface area contributed by atoms with Crippen molar-refractivity contribution in [2.45, 2.75) is 19.0 Å². The second-order valence-electron chi connectivity index (χ2n) is 6.78. The second-order valence-corrected chi connectivity index (χ2v) is 9.50. The van der Waals surface area contributed by atoms with Crippen LogP contribution in [0.25, 0.3) is 0 Å². The van der Waals surface area contributed by atoms with Crippen molar-refractivity contribution in [1.82, 2.24) is 9.80 Å². The van der Waals surface area contributed by atoms with Crippen molar-refractivity contribution in [3.05, 3.63) is 50.1 Å². The molecular formula is C19H19BrClN3O2S. The number of hydrogen-bond acceptors (Lipinski definition) is 5. The van der Waals surface area contributed by atoms with Gasteiger partial charge in [-0.2, -0.15) is 0 Å². The Morgan fingerprint density at radius 3 is 2.37 bits per heavy atom. The van der Waals surface area contributed by atoms with Gasteiger partial charge in [0.1, 0.15) is 0 Å². The Morgan fingerprint density at radius 1 is 1.04 bits per heavy atom. The fourth-order valence-electron chi connectivity index (χ4n) is 3.65. The van der Waals surface area contributed by atoms with Crippen LogP contribution in [0.5, 0.6) is 0 Å². The van der Waals surface area contributed by atoms with Crippen molar-refractivity contribution < 1.29 is 9.59 Å². The van der Waals surface area contributed by atoms with Gasteiger partial charge in [-0.1, -0.05) is 27.5 Å². The van der Waals surface area contributed by atoms with Gasteiger partial charge in [0.25, 0.3) is 5.91 Å². The first-order valence-electron chi connectivity index (χ1n) is 8.84. The van der Waals surface area contributed by atoms with E-state index in [4.69, 9.17) is 11.6 Å². The smallest absolute Gasteiger partial charge is 0.251 e. The monoisotopic (exact) mass is 467 g/mol. The highest BCUT2D eigenvalue weighted by molar-refractivity contribution is 9.10. The number of carbonyl (C=O) groups is 2. The number of nitrogens with zero attached hydrogens (tertiary/aromatic N) is 3. The van der Waals surface area contributed by atoms with Crippen molar-refractivity contribution in [3.63, 3.8) is 0 Å². The summed E-state index contributed by atoms with van der Waals surface area (Å²) in [7, 11) is 0. The number of piperazine rings is 1. The standard InChI is InChI=1S/C19H19BrClN3O2S/c20-13-1-3-14(4-2-13)24-18(25)11-16(19(24)26)23-9-7-22(8-10-23)12-15-5-6-17(21)27-15/h1-6,16H,7-12H2/t16-/m1/s1. The molecule has 1 aromatic carbocycles. The Kier molecular flexibility index (Phi) is 5.66. The molecule has 8 heteroatoms. The van der Waals surface area contributed by atoms with Crippen LogP contribution in [0.1, 0.15) is 11.3 Å². The molecule has 1 aromatic heterocycles. The zero-order chi connectivity index (χ0) is 19.0. The molecule has 2 saturated heterocycles. The maximum Gasteiger partial charge on any atom is 0.251 e. The number of halogens is 2. The molecule has 0 bridgehead atoms. The van der Waals surface area contributed by atoms with Crippen molar-refractivity contribution >= 4 is 56.4 Å². The van der Waals surface area contributed by atoms with Crippen LogP contribution in [0, 0.1) is 0 Å². The molecule has 2 aromatic rings. The molecule has 5 nitrogen and oxygen atoms in total. The van der Waals surface area contributed by atoms with Crippen LogP contribution >= 0.6 is 38.9 Å². The Hall–Kier alpha value is -1.25. The molecule has 2 aliphatic heterocycles. The van der Waals surface area contributed by atoms with Gasteiger partial charge in [0.2, 0.25) is 5.91 Å². The van der Waals surface area contributed by atoms with Crippen molar-refractivity contribution in [2.75, 3.05) is 31.1 Å². The van der Waals surface area contributed by atoms with E-state index in [1.807, 2.05) is 18.2 Å². The summed E-state index contributed by atoms with van der Waals surface area (Å²) in [4.78, 5) is 32.5. The molecule has 0 aliphatic carbocycles. The van der Waals surface area contributed by atoms with Gasteiger partial charge in [-0.05, 0) is 36.4 Å². The summed E-state index contributed by atoms with van der Waals surface area (Å²) in [5.41, 5.74) is 0.643. The highest BCUT2D eigenvalue weighted by atomic mass is 79.9. The maximum atomic E-state index is 12.9. The van der Waals surface area contributed by atoms with E-state index in [1.54, 1.807) is 23.5 Å². The third-order valence-corrected chi connectivity index (χ3v) is 6.81. The van der Waals surface area contributed by atoms with Crippen LogP contribution in [0.4, 0.5) is 5.69 Å². The third kappa shape index (κ3) is 4.12. The number of benzene rings is 1. The summed E-state index contributed by atoms with van der Waals surface area (Å²) in [6, 6.07) is 10.9. The predicted molar refractivity (Wildman–Crippen MR) is 111 cm³/mol. The van der Waals surface area contributed by atoms with E-state index in [1.165, 1.54) is 9.78 Å². The summed E-state index contributed by atoms with van der Waals surface area (Å²) in [6.07, 6.45) is 0.259. The number of carbonyl (C=O) groups excluding carboxylic acids is 2. The molecule has 142 valence electrons. The lowest BCUT2D eigenvalue weighted by Gasteiger charge is -2.36. The maximum absolute atomic E-state index is 12.9. The fraction of sp³-hybridized carbons (Fsp3) is 0.368. The van der Waals surface area contributed by atoms with E-state index >= 15 is 0 Å². The van der Waals surface area contributed by atoms with E-state index in [-0.39, 0.29) is 24.3 Å². The van der Waals surface area contributed by atoms with Crippen LogP contribution < -0.4 is 4.90 Å². The molecule has 4 rings (SSSR count). The first-order valence-corrected chi connectivity index (χ1v) is 10.8. The first-order chi connectivity index (χ1) is 13.0. The van der Waals surface area contributed by atoms with E-state index in [0.717, 1.165) is 41.5 Å². The van der Waals surface area contributed by atoms with E-state index in [2.05, 4.69) is 31.8 Å². The molecule has 2 fully saturated rings. The summed E-state index contributed by atoms with van der Waals surface area (Å²) in [6.45, 7) is 4.22. The lowest BCUT2D eigenvalue weighted by molar-refractivity contribution is -0.123. The van der Waals surface area contributed by atoms with Gasteiger partial charge in [-0.25, -0.2) is 4.90 Å². The van der Waals surface area contributed by atoms with Crippen LogP contribution in [-0.4, -0.2) is 53.8 Å². The summed E-state index contributed by atoms with van der Waals surface area (Å²) < 4.78 is 1.73. The van der Waals surface area contributed by atoms with Gasteiger partial charge in [0.15, 0.2) is 0 Å². The molecule has 0 saturated carbocycles.